The molecule has 1 amide bonds. The Morgan fingerprint density at radius 3 is 2.60 bits per heavy atom. The third-order valence-electron chi connectivity index (χ3n) is 4.25. The van der Waals surface area contributed by atoms with Crippen LogP contribution in [0.5, 0.6) is 5.75 Å². The molecule has 0 aromatic heterocycles. The van der Waals surface area contributed by atoms with Crippen LogP contribution in [-0.2, 0) is 10.4 Å². The van der Waals surface area contributed by atoms with E-state index in [0.717, 1.165) is 11.3 Å². The van der Waals surface area contributed by atoms with E-state index in [-0.39, 0.29) is 24.2 Å². The first kappa shape index (κ1) is 18.9. The van der Waals surface area contributed by atoms with Gasteiger partial charge in [-0.15, -0.1) is 0 Å². The van der Waals surface area contributed by atoms with Gasteiger partial charge in [0.15, 0.2) is 0 Å². The second kappa shape index (κ2) is 8.12. The highest BCUT2D eigenvalue weighted by Gasteiger charge is 2.24. The topological polar surface area (TPSA) is 58.6 Å². The van der Waals surface area contributed by atoms with Gasteiger partial charge in [-0.25, -0.2) is 4.39 Å². The number of hydrogen-bond acceptors (Lipinski definition) is 3. The first-order valence-corrected chi connectivity index (χ1v) is 8.21. The summed E-state index contributed by atoms with van der Waals surface area (Å²) >= 11 is 0. The molecule has 0 saturated carbocycles. The van der Waals surface area contributed by atoms with Crippen molar-refractivity contribution < 1.29 is 19.0 Å². The number of hydrogen-bond donors (Lipinski definition) is 2. The van der Waals surface area contributed by atoms with Crippen LogP contribution in [0.2, 0.25) is 0 Å². The SMILES string of the molecule is COc1cccc(C(C)CC(=O)NCC(C)(O)c2ccc(F)cc2)c1. The van der Waals surface area contributed by atoms with Crippen molar-refractivity contribution in [3.05, 3.63) is 65.5 Å². The fourth-order valence-corrected chi connectivity index (χ4v) is 2.60. The third kappa shape index (κ3) is 5.29. The Kier molecular flexibility index (Phi) is 6.15. The number of carbonyl (C=O) groups is 1. The molecule has 2 unspecified atom stereocenters. The first-order chi connectivity index (χ1) is 11.8. The summed E-state index contributed by atoms with van der Waals surface area (Å²) in [5, 5.41) is 13.2. The maximum absolute atomic E-state index is 13.0. The van der Waals surface area contributed by atoms with Crippen molar-refractivity contribution in [2.45, 2.75) is 31.8 Å². The van der Waals surface area contributed by atoms with Crippen LogP contribution in [0.3, 0.4) is 0 Å². The largest absolute Gasteiger partial charge is 0.497 e. The van der Waals surface area contributed by atoms with Crippen molar-refractivity contribution in [2.24, 2.45) is 0 Å². The normalized spacial score (nSPS) is 14.4. The molecule has 0 aliphatic heterocycles. The van der Waals surface area contributed by atoms with Gasteiger partial charge in [0.25, 0.3) is 0 Å². The molecule has 0 spiro atoms. The van der Waals surface area contributed by atoms with Gasteiger partial charge >= 0.3 is 0 Å². The highest BCUT2D eigenvalue weighted by molar-refractivity contribution is 5.77. The van der Waals surface area contributed by atoms with Crippen LogP contribution in [0.25, 0.3) is 0 Å². The molecular formula is C20H24FNO3. The van der Waals surface area contributed by atoms with Crippen molar-refractivity contribution in [1.82, 2.24) is 5.32 Å². The number of ether oxygens (including phenoxy) is 1. The Morgan fingerprint density at radius 1 is 1.28 bits per heavy atom. The number of nitrogens with one attached hydrogen (secondary N) is 1. The zero-order valence-corrected chi connectivity index (χ0v) is 14.8. The molecule has 2 atom stereocenters. The van der Waals surface area contributed by atoms with Gasteiger partial charge in [0, 0.05) is 6.42 Å². The molecule has 25 heavy (non-hydrogen) atoms. The number of amides is 1. The van der Waals surface area contributed by atoms with Crippen LogP contribution in [0.1, 0.15) is 37.3 Å². The lowest BCUT2D eigenvalue weighted by Gasteiger charge is -2.24. The molecule has 5 heteroatoms. The van der Waals surface area contributed by atoms with Crippen molar-refractivity contribution in [3.8, 4) is 5.75 Å². The third-order valence-corrected chi connectivity index (χ3v) is 4.25. The summed E-state index contributed by atoms with van der Waals surface area (Å²) in [5.41, 5.74) is 0.303. The molecule has 0 radical (unpaired) electrons. The van der Waals surface area contributed by atoms with Crippen LogP contribution in [0.4, 0.5) is 4.39 Å². The van der Waals surface area contributed by atoms with Gasteiger partial charge in [-0.3, -0.25) is 4.79 Å². The average Bonchev–Trinajstić information content (AvgIpc) is 2.60. The van der Waals surface area contributed by atoms with Gasteiger partial charge in [-0.2, -0.15) is 0 Å². The summed E-state index contributed by atoms with van der Waals surface area (Å²) in [6.07, 6.45) is 0.298. The lowest BCUT2D eigenvalue weighted by molar-refractivity contribution is -0.122. The van der Waals surface area contributed by atoms with Crippen molar-refractivity contribution in [3.63, 3.8) is 0 Å². The highest BCUT2D eigenvalue weighted by Crippen LogP contribution is 2.24. The molecule has 2 aromatic rings. The van der Waals surface area contributed by atoms with E-state index in [9.17, 15) is 14.3 Å². The summed E-state index contributed by atoms with van der Waals surface area (Å²) in [6.45, 7) is 3.61. The van der Waals surface area contributed by atoms with Crippen LogP contribution in [-0.4, -0.2) is 24.7 Å². The van der Waals surface area contributed by atoms with Crippen LogP contribution in [0.15, 0.2) is 48.5 Å². The molecule has 4 nitrogen and oxygen atoms in total. The zero-order valence-electron chi connectivity index (χ0n) is 14.8. The molecule has 2 N–H and O–H groups in total. The Bertz CT molecular complexity index is 713. The van der Waals surface area contributed by atoms with Gasteiger partial charge in [0.05, 0.1) is 13.7 Å². The van der Waals surface area contributed by atoms with Crippen molar-refractivity contribution in [2.75, 3.05) is 13.7 Å². The van der Waals surface area contributed by atoms with Crippen molar-refractivity contribution in [1.29, 1.82) is 0 Å². The van der Waals surface area contributed by atoms with Crippen molar-refractivity contribution >= 4 is 5.91 Å². The quantitative estimate of drug-likeness (QED) is 0.809. The minimum Gasteiger partial charge on any atom is -0.497 e. The molecule has 2 aromatic carbocycles. The fourth-order valence-electron chi connectivity index (χ4n) is 2.60. The van der Waals surface area contributed by atoms with Gasteiger partial charge in [0.2, 0.25) is 5.91 Å². The maximum atomic E-state index is 13.0. The molecule has 0 heterocycles. The van der Waals surface area contributed by atoms with E-state index in [1.54, 1.807) is 14.0 Å². The van der Waals surface area contributed by atoms with Crippen LogP contribution in [0, 0.1) is 5.82 Å². The Balaban J connectivity index is 1.92. The number of aliphatic hydroxyl groups is 1. The maximum Gasteiger partial charge on any atom is 0.220 e. The van der Waals surface area contributed by atoms with E-state index < -0.39 is 5.60 Å². The Labute approximate surface area is 147 Å². The molecule has 0 fully saturated rings. The van der Waals surface area contributed by atoms with E-state index in [4.69, 9.17) is 4.74 Å². The predicted octanol–water partition coefficient (Wildman–Crippen LogP) is 3.35. The summed E-state index contributed by atoms with van der Waals surface area (Å²) in [7, 11) is 1.61. The number of halogens is 1. The van der Waals surface area contributed by atoms with E-state index in [2.05, 4.69) is 5.32 Å². The predicted molar refractivity (Wildman–Crippen MR) is 95.0 cm³/mol. The summed E-state index contributed by atoms with van der Waals surface area (Å²) in [4.78, 5) is 12.2. The van der Waals surface area contributed by atoms with Gasteiger partial charge in [0.1, 0.15) is 17.2 Å². The highest BCUT2D eigenvalue weighted by atomic mass is 19.1. The number of methoxy groups -OCH3 is 1. The van der Waals surface area contributed by atoms with E-state index in [1.165, 1.54) is 24.3 Å². The molecule has 0 bridgehead atoms. The summed E-state index contributed by atoms with van der Waals surface area (Å²) < 4.78 is 18.2. The molecule has 134 valence electrons. The second-order valence-corrected chi connectivity index (χ2v) is 6.44. The van der Waals surface area contributed by atoms with Gasteiger partial charge in [-0.05, 0) is 48.2 Å². The number of benzene rings is 2. The van der Waals surface area contributed by atoms with E-state index >= 15 is 0 Å². The Morgan fingerprint density at radius 2 is 1.96 bits per heavy atom. The summed E-state index contributed by atoms with van der Waals surface area (Å²) in [6, 6.07) is 13.2. The zero-order chi connectivity index (χ0) is 18.4. The lowest BCUT2D eigenvalue weighted by atomic mass is 9.95. The smallest absolute Gasteiger partial charge is 0.220 e. The minimum absolute atomic E-state index is 0.0193. The Hall–Kier alpha value is -2.40. The molecule has 0 saturated heterocycles. The fraction of sp³-hybridized carbons (Fsp3) is 0.350. The number of carbonyl (C=O) groups excluding carboxylic acids is 1. The van der Waals surface area contributed by atoms with E-state index in [1.807, 2.05) is 31.2 Å². The minimum atomic E-state index is -1.26. The summed E-state index contributed by atoms with van der Waals surface area (Å²) in [5.74, 6) is 0.253. The number of rotatable bonds is 7. The van der Waals surface area contributed by atoms with Crippen LogP contribution >= 0.6 is 0 Å². The molecule has 0 aliphatic carbocycles. The average molecular weight is 345 g/mol. The van der Waals surface area contributed by atoms with Crippen LogP contribution < -0.4 is 10.1 Å². The monoisotopic (exact) mass is 345 g/mol. The van der Waals surface area contributed by atoms with E-state index in [0.29, 0.717) is 12.0 Å². The van der Waals surface area contributed by atoms with Gasteiger partial charge < -0.3 is 15.2 Å². The van der Waals surface area contributed by atoms with Gasteiger partial charge in [-0.1, -0.05) is 31.2 Å². The molecule has 0 aliphatic rings. The first-order valence-electron chi connectivity index (χ1n) is 8.21. The molecular weight excluding hydrogens is 321 g/mol. The second-order valence-electron chi connectivity index (χ2n) is 6.44. The standard InChI is InChI=1S/C20H24FNO3/c1-14(15-5-4-6-18(12-15)25-3)11-19(23)22-13-20(2,24)16-7-9-17(21)10-8-16/h4-10,12,14,24H,11,13H2,1-3H3,(H,22,23). The molecule has 2 rings (SSSR count). The lowest BCUT2D eigenvalue weighted by Crippen LogP contribution is -2.38.